The SMILES string of the molecule is CC(C)(C)OCC(=O)N[C@H]1CCCCC/C=C\[C@@H]2C[C@@]2(C(=O)NS(=O)(=O)C2CC2)NC(=O)[C@@H]2C[C@@H](OC(=O)N3Cc4cccc(Cl)c4C3)CN2C1=O. The molecule has 0 spiro atoms. The first-order chi connectivity index (χ1) is 24.6. The molecular formula is C36H48ClN5O9S. The van der Waals surface area contributed by atoms with Crippen LogP contribution in [-0.4, -0.2) is 95.7 Å². The zero-order valence-corrected chi connectivity index (χ0v) is 31.4. The topological polar surface area (TPSA) is 181 Å². The number of sulfonamides is 1. The largest absolute Gasteiger partial charge is 0.444 e. The maximum Gasteiger partial charge on any atom is 0.410 e. The highest BCUT2D eigenvalue weighted by atomic mass is 35.5. The zero-order valence-electron chi connectivity index (χ0n) is 29.8. The van der Waals surface area contributed by atoms with Gasteiger partial charge in [0.2, 0.25) is 27.7 Å². The molecule has 0 aromatic heterocycles. The van der Waals surface area contributed by atoms with Gasteiger partial charge in [0.25, 0.3) is 5.91 Å². The fourth-order valence-corrected chi connectivity index (χ4v) is 8.71. The molecule has 16 heteroatoms. The summed E-state index contributed by atoms with van der Waals surface area (Å²) < 4.78 is 39.3. The van der Waals surface area contributed by atoms with Crippen molar-refractivity contribution < 1.29 is 41.9 Å². The normalized spacial score (nSPS) is 28.7. The Labute approximate surface area is 309 Å². The van der Waals surface area contributed by atoms with Crippen molar-refractivity contribution in [3.63, 3.8) is 0 Å². The summed E-state index contributed by atoms with van der Waals surface area (Å²) in [5, 5.41) is 5.52. The van der Waals surface area contributed by atoms with E-state index < -0.39 is 80.2 Å². The summed E-state index contributed by atoms with van der Waals surface area (Å²) in [6, 6.07) is 3.27. The van der Waals surface area contributed by atoms with Crippen molar-refractivity contribution in [1.29, 1.82) is 0 Å². The van der Waals surface area contributed by atoms with E-state index in [1.807, 2.05) is 45.1 Å². The van der Waals surface area contributed by atoms with Gasteiger partial charge < -0.3 is 25.0 Å². The fraction of sp³-hybridized carbons (Fsp3) is 0.639. The summed E-state index contributed by atoms with van der Waals surface area (Å²) in [7, 11) is -3.90. The summed E-state index contributed by atoms with van der Waals surface area (Å²) in [6.45, 7) is 5.57. The number of nitrogens with zero attached hydrogens (tertiary/aromatic N) is 2. The summed E-state index contributed by atoms with van der Waals surface area (Å²) in [4.78, 5) is 71.4. The van der Waals surface area contributed by atoms with Crippen LogP contribution in [0.3, 0.4) is 0 Å². The Balaban J connectivity index is 1.24. The van der Waals surface area contributed by atoms with E-state index in [1.165, 1.54) is 9.80 Å². The highest BCUT2D eigenvalue weighted by Gasteiger charge is 2.62. The molecule has 0 bridgehead atoms. The van der Waals surface area contributed by atoms with Crippen LogP contribution in [-0.2, 0) is 51.8 Å². The standard InChI is InChI=1S/C36H48ClN5O9S/c1-35(2,3)50-21-30(43)38-28-13-8-6-4-5-7-11-23-17-36(23,33(46)40-52(48,49)25-14-15-25)39-31(44)29-16-24(19-42(29)32(28)45)51-34(47)41-18-22-10-9-12-27(37)26(22)20-41/h7,9-12,23-25,28-29H,4-6,8,13-21H2,1-3H3,(H,38,43)(H,39,44)(H,40,46)/b11-7-/t23-,24-,28+,29+,36-/m1/s1. The van der Waals surface area contributed by atoms with Gasteiger partial charge in [-0.2, -0.15) is 0 Å². The van der Waals surface area contributed by atoms with Gasteiger partial charge in [-0.3, -0.25) is 28.8 Å². The second-order valence-electron chi connectivity index (χ2n) is 15.5. The molecule has 1 saturated heterocycles. The van der Waals surface area contributed by atoms with Crippen LogP contribution in [0.4, 0.5) is 4.79 Å². The molecule has 1 aromatic rings. The number of allylic oxidation sites excluding steroid dienone is 1. The average Bonchev–Trinajstić information content (AvgIpc) is 3.96. The van der Waals surface area contributed by atoms with E-state index in [0.29, 0.717) is 37.1 Å². The number of rotatable bonds is 7. The van der Waals surface area contributed by atoms with E-state index in [4.69, 9.17) is 21.1 Å². The van der Waals surface area contributed by atoms with Crippen LogP contribution < -0.4 is 15.4 Å². The Kier molecular flexibility index (Phi) is 11.0. The molecule has 3 fully saturated rings. The number of carbonyl (C=O) groups is 5. The molecule has 3 heterocycles. The first kappa shape index (κ1) is 38.0. The van der Waals surface area contributed by atoms with E-state index in [9.17, 15) is 32.4 Å². The van der Waals surface area contributed by atoms with E-state index in [-0.39, 0.29) is 39.1 Å². The molecule has 0 unspecified atom stereocenters. The van der Waals surface area contributed by atoms with Gasteiger partial charge in [0.05, 0.1) is 23.9 Å². The Hall–Kier alpha value is -3.69. The van der Waals surface area contributed by atoms with Gasteiger partial charge in [0, 0.05) is 23.9 Å². The Bertz CT molecular complexity index is 1740. The van der Waals surface area contributed by atoms with Crippen LogP contribution in [0, 0.1) is 5.92 Å². The molecule has 52 heavy (non-hydrogen) atoms. The van der Waals surface area contributed by atoms with Crippen molar-refractivity contribution in [3.05, 3.63) is 46.5 Å². The lowest BCUT2D eigenvalue weighted by molar-refractivity contribution is -0.143. The summed E-state index contributed by atoms with van der Waals surface area (Å²) in [5.41, 5.74) is -0.400. The van der Waals surface area contributed by atoms with Gasteiger partial charge in [-0.25, -0.2) is 13.2 Å². The molecule has 2 saturated carbocycles. The molecule has 5 atom stereocenters. The van der Waals surface area contributed by atoms with E-state index >= 15 is 0 Å². The molecule has 2 aliphatic carbocycles. The molecule has 14 nitrogen and oxygen atoms in total. The lowest BCUT2D eigenvalue weighted by Gasteiger charge is -2.30. The second kappa shape index (κ2) is 15.0. The van der Waals surface area contributed by atoms with Crippen LogP contribution in [0.5, 0.6) is 0 Å². The molecule has 3 aliphatic heterocycles. The third-order valence-corrected chi connectivity index (χ3v) is 12.4. The van der Waals surface area contributed by atoms with Gasteiger partial charge >= 0.3 is 6.09 Å². The van der Waals surface area contributed by atoms with Crippen LogP contribution in [0.1, 0.15) is 89.7 Å². The third kappa shape index (κ3) is 8.74. The monoisotopic (exact) mass is 761 g/mol. The molecule has 284 valence electrons. The van der Waals surface area contributed by atoms with Crippen LogP contribution in [0.15, 0.2) is 30.4 Å². The van der Waals surface area contributed by atoms with Crippen molar-refractivity contribution in [2.45, 2.75) is 126 Å². The highest BCUT2D eigenvalue weighted by Crippen LogP contribution is 2.46. The Morgan fingerprint density at radius 2 is 1.85 bits per heavy atom. The van der Waals surface area contributed by atoms with E-state index in [1.54, 1.807) is 6.07 Å². The third-order valence-electron chi connectivity index (χ3n) is 10.3. The summed E-state index contributed by atoms with van der Waals surface area (Å²) in [5.74, 6) is -2.97. The van der Waals surface area contributed by atoms with Crippen molar-refractivity contribution in [2.75, 3.05) is 13.2 Å². The zero-order chi connectivity index (χ0) is 37.4. The molecule has 3 N–H and O–H groups in total. The van der Waals surface area contributed by atoms with Gasteiger partial charge in [-0.1, -0.05) is 48.7 Å². The first-order valence-corrected chi connectivity index (χ1v) is 20.0. The van der Waals surface area contributed by atoms with Crippen LogP contribution in [0.25, 0.3) is 0 Å². The smallest absolute Gasteiger partial charge is 0.410 e. The molecule has 0 radical (unpaired) electrons. The van der Waals surface area contributed by atoms with E-state index in [0.717, 1.165) is 24.0 Å². The minimum atomic E-state index is -3.90. The number of benzene rings is 1. The molecular weight excluding hydrogens is 714 g/mol. The predicted molar refractivity (Wildman–Crippen MR) is 190 cm³/mol. The average molecular weight is 762 g/mol. The number of halogens is 1. The number of fused-ring (bicyclic) bond motifs is 3. The van der Waals surface area contributed by atoms with Gasteiger partial charge in [-0.05, 0) is 76.5 Å². The quantitative estimate of drug-likeness (QED) is 0.352. The highest BCUT2D eigenvalue weighted by molar-refractivity contribution is 7.91. The summed E-state index contributed by atoms with van der Waals surface area (Å²) >= 11 is 6.36. The number of hydrogen-bond donors (Lipinski definition) is 3. The second-order valence-corrected chi connectivity index (χ2v) is 17.9. The Morgan fingerprint density at radius 3 is 2.56 bits per heavy atom. The van der Waals surface area contributed by atoms with Crippen molar-refractivity contribution in [1.82, 2.24) is 25.2 Å². The van der Waals surface area contributed by atoms with Crippen molar-refractivity contribution >= 4 is 51.3 Å². The number of ether oxygens (including phenoxy) is 2. The molecule has 5 aliphatic rings. The molecule has 5 amide bonds. The molecule has 1 aromatic carbocycles. The maximum absolute atomic E-state index is 14.3. The van der Waals surface area contributed by atoms with Crippen LogP contribution >= 0.6 is 11.6 Å². The van der Waals surface area contributed by atoms with Gasteiger partial charge in [-0.15, -0.1) is 0 Å². The molecule has 6 rings (SSSR count). The lowest BCUT2D eigenvalue weighted by atomic mass is 10.0. The lowest BCUT2D eigenvalue weighted by Crippen LogP contribution is -2.58. The minimum absolute atomic E-state index is 0.0722. The van der Waals surface area contributed by atoms with Crippen molar-refractivity contribution in [2.24, 2.45) is 5.92 Å². The number of amides is 5. The minimum Gasteiger partial charge on any atom is -0.444 e. The Morgan fingerprint density at radius 1 is 1.08 bits per heavy atom. The predicted octanol–water partition coefficient (Wildman–Crippen LogP) is 3.07. The first-order valence-electron chi connectivity index (χ1n) is 18.1. The number of hydrogen-bond acceptors (Lipinski definition) is 9. The fourth-order valence-electron chi connectivity index (χ4n) is 7.09. The summed E-state index contributed by atoms with van der Waals surface area (Å²) in [6.07, 6.45) is 6.41. The number of nitrogens with one attached hydrogen (secondary N) is 3. The van der Waals surface area contributed by atoms with Gasteiger partial charge in [0.1, 0.15) is 30.3 Å². The van der Waals surface area contributed by atoms with Crippen LogP contribution in [0.2, 0.25) is 5.02 Å². The maximum atomic E-state index is 14.3. The number of carbonyl (C=O) groups excluding carboxylic acids is 5. The van der Waals surface area contributed by atoms with E-state index in [2.05, 4.69) is 15.4 Å². The van der Waals surface area contributed by atoms with Gasteiger partial charge in [0.15, 0.2) is 0 Å². The van der Waals surface area contributed by atoms with Crippen molar-refractivity contribution in [3.8, 4) is 0 Å².